The molecule has 1 N–H and O–H groups in total. The summed E-state index contributed by atoms with van der Waals surface area (Å²) >= 11 is 1.58. The average molecular weight is 337 g/mol. The maximum absolute atomic E-state index is 12.4. The molecular weight excluding hydrogens is 318 g/mol. The summed E-state index contributed by atoms with van der Waals surface area (Å²) in [7, 11) is -2.10. The van der Waals surface area contributed by atoms with E-state index in [1.165, 1.54) is 11.4 Å². The van der Waals surface area contributed by atoms with Gasteiger partial charge in [0, 0.05) is 22.9 Å². The number of rotatable bonds is 6. The lowest BCUT2D eigenvalue weighted by Gasteiger charge is -2.22. The number of sulfonamides is 1. The van der Waals surface area contributed by atoms with Crippen molar-refractivity contribution in [2.75, 3.05) is 13.7 Å². The molecule has 0 spiro atoms. The molecule has 0 aliphatic heterocycles. The van der Waals surface area contributed by atoms with Gasteiger partial charge in [-0.25, -0.2) is 8.42 Å². The molecule has 0 saturated carbocycles. The Kier molecular flexibility index (Phi) is 5.63. The van der Waals surface area contributed by atoms with E-state index in [4.69, 9.17) is 5.11 Å². The first kappa shape index (κ1) is 17.0. The van der Waals surface area contributed by atoms with Crippen molar-refractivity contribution in [1.29, 1.82) is 0 Å². The SMILES string of the molecule is CC(CO)N(C)S(=O)(=O)c1ccc(Sc2ccccc2)cc1. The minimum Gasteiger partial charge on any atom is -0.395 e. The molecule has 2 rings (SSSR count). The molecule has 1 atom stereocenters. The fourth-order valence-corrected chi connectivity index (χ4v) is 4.01. The molecule has 0 radical (unpaired) electrons. The molecule has 2 aromatic rings. The molecule has 0 aliphatic rings. The quantitative estimate of drug-likeness (QED) is 0.880. The lowest BCUT2D eigenvalue weighted by molar-refractivity contribution is 0.214. The van der Waals surface area contributed by atoms with Crippen LogP contribution in [0.3, 0.4) is 0 Å². The van der Waals surface area contributed by atoms with Crippen LogP contribution in [0.15, 0.2) is 69.3 Å². The van der Waals surface area contributed by atoms with Gasteiger partial charge in [0.15, 0.2) is 0 Å². The van der Waals surface area contributed by atoms with Crippen LogP contribution < -0.4 is 0 Å². The number of hydrogen-bond donors (Lipinski definition) is 1. The van der Waals surface area contributed by atoms with Crippen molar-refractivity contribution in [2.45, 2.75) is 27.7 Å². The normalized spacial score (nSPS) is 13.3. The highest BCUT2D eigenvalue weighted by atomic mass is 32.2. The molecule has 6 heteroatoms. The van der Waals surface area contributed by atoms with Crippen LogP contribution in [0.1, 0.15) is 6.92 Å². The maximum atomic E-state index is 12.4. The number of likely N-dealkylation sites (N-methyl/N-ethyl adjacent to an activating group) is 1. The molecule has 0 heterocycles. The van der Waals surface area contributed by atoms with Gasteiger partial charge in [-0.1, -0.05) is 30.0 Å². The van der Waals surface area contributed by atoms with Gasteiger partial charge < -0.3 is 5.11 Å². The molecule has 118 valence electrons. The number of aliphatic hydroxyl groups is 1. The number of hydrogen-bond acceptors (Lipinski definition) is 4. The monoisotopic (exact) mass is 337 g/mol. The largest absolute Gasteiger partial charge is 0.395 e. The van der Waals surface area contributed by atoms with E-state index in [2.05, 4.69) is 0 Å². The van der Waals surface area contributed by atoms with E-state index < -0.39 is 16.1 Å². The third kappa shape index (κ3) is 3.89. The van der Waals surface area contributed by atoms with Crippen LogP contribution in [0.2, 0.25) is 0 Å². The maximum Gasteiger partial charge on any atom is 0.243 e. The Morgan fingerprint density at radius 3 is 2.14 bits per heavy atom. The van der Waals surface area contributed by atoms with Crippen LogP contribution >= 0.6 is 11.8 Å². The molecule has 0 amide bonds. The van der Waals surface area contributed by atoms with Crippen molar-refractivity contribution in [2.24, 2.45) is 0 Å². The summed E-state index contributed by atoms with van der Waals surface area (Å²) in [5.74, 6) is 0. The van der Waals surface area contributed by atoms with Gasteiger partial charge in [-0.15, -0.1) is 0 Å². The zero-order valence-electron chi connectivity index (χ0n) is 12.5. The molecule has 22 heavy (non-hydrogen) atoms. The highest BCUT2D eigenvalue weighted by molar-refractivity contribution is 7.99. The number of nitrogens with zero attached hydrogens (tertiary/aromatic N) is 1. The second-order valence-electron chi connectivity index (χ2n) is 4.94. The first-order valence-electron chi connectivity index (χ1n) is 6.87. The Hall–Kier alpha value is -1.34. The molecule has 1 unspecified atom stereocenters. The number of aliphatic hydroxyl groups excluding tert-OH is 1. The van der Waals surface area contributed by atoms with Crippen LogP contribution in [0, 0.1) is 0 Å². The van der Waals surface area contributed by atoms with Crippen LogP contribution in [-0.4, -0.2) is 37.5 Å². The predicted octanol–water partition coefficient (Wildman–Crippen LogP) is 2.84. The Bertz CT molecular complexity index is 700. The van der Waals surface area contributed by atoms with E-state index in [-0.39, 0.29) is 11.5 Å². The highest BCUT2D eigenvalue weighted by Crippen LogP contribution is 2.28. The third-order valence-corrected chi connectivity index (χ3v) is 6.37. The van der Waals surface area contributed by atoms with Gasteiger partial charge in [0.25, 0.3) is 0 Å². The summed E-state index contributed by atoms with van der Waals surface area (Å²) in [6.07, 6.45) is 0. The first-order valence-corrected chi connectivity index (χ1v) is 9.12. The van der Waals surface area contributed by atoms with Gasteiger partial charge in [-0.05, 0) is 43.3 Å². The summed E-state index contributed by atoms with van der Waals surface area (Å²) in [6.45, 7) is 1.45. The molecule has 0 bridgehead atoms. The fraction of sp³-hybridized carbons (Fsp3) is 0.250. The van der Waals surface area contributed by atoms with Crippen molar-refractivity contribution in [3.63, 3.8) is 0 Å². The summed E-state index contributed by atoms with van der Waals surface area (Å²) in [6, 6.07) is 16.2. The second kappa shape index (κ2) is 7.28. The second-order valence-corrected chi connectivity index (χ2v) is 8.08. The van der Waals surface area contributed by atoms with E-state index >= 15 is 0 Å². The average Bonchev–Trinajstić information content (AvgIpc) is 2.55. The molecule has 0 saturated heterocycles. The van der Waals surface area contributed by atoms with Gasteiger partial charge in [0.2, 0.25) is 10.0 Å². The van der Waals surface area contributed by atoms with Crippen LogP contribution in [-0.2, 0) is 10.0 Å². The number of benzene rings is 2. The minimum absolute atomic E-state index is 0.211. The van der Waals surface area contributed by atoms with E-state index in [0.29, 0.717) is 0 Å². The van der Waals surface area contributed by atoms with E-state index in [1.54, 1.807) is 43.0 Å². The zero-order chi connectivity index (χ0) is 16.2. The van der Waals surface area contributed by atoms with Crippen LogP contribution in [0.25, 0.3) is 0 Å². The van der Waals surface area contributed by atoms with Crippen LogP contribution in [0.4, 0.5) is 0 Å². The predicted molar refractivity (Wildman–Crippen MR) is 88.5 cm³/mol. The Morgan fingerprint density at radius 2 is 1.59 bits per heavy atom. The van der Waals surface area contributed by atoms with Gasteiger partial charge in [-0.3, -0.25) is 0 Å². The molecular formula is C16H19NO3S2. The van der Waals surface area contributed by atoms with E-state index in [1.807, 2.05) is 30.3 Å². The van der Waals surface area contributed by atoms with Gasteiger partial charge >= 0.3 is 0 Å². The van der Waals surface area contributed by atoms with Gasteiger partial charge in [-0.2, -0.15) is 4.31 Å². The Morgan fingerprint density at radius 1 is 1.05 bits per heavy atom. The Balaban J connectivity index is 2.18. The third-order valence-electron chi connectivity index (χ3n) is 3.36. The fourth-order valence-electron chi connectivity index (χ4n) is 1.82. The van der Waals surface area contributed by atoms with Crippen molar-refractivity contribution < 1.29 is 13.5 Å². The first-order chi connectivity index (χ1) is 10.4. The summed E-state index contributed by atoms with van der Waals surface area (Å²) in [4.78, 5) is 2.31. The highest BCUT2D eigenvalue weighted by Gasteiger charge is 2.24. The van der Waals surface area contributed by atoms with Crippen molar-refractivity contribution >= 4 is 21.8 Å². The van der Waals surface area contributed by atoms with E-state index in [0.717, 1.165) is 9.79 Å². The molecule has 2 aromatic carbocycles. The molecule has 0 fully saturated rings. The van der Waals surface area contributed by atoms with Gasteiger partial charge in [0.1, 0.15) is 0 Å². The summed E-state index contributed by atoms with van der Waals surface area (Å²) in [5.41, 5.74) is 0. The topological polar surface area (TPSA) is 57.6 Å². The van der Waals surface area contributed by atoms with Crippen LogP contribution in [0.5, 0.6) is 0 Å². The van der Waals surface area contributed by atoms with Gasteiger partial charge in [0.05, 0.1) is 11.5 Å². The van der Waals surface area contributed by atoms with Crippen molar-refractivity contribution in [3.8, 4) is 0 Å². The zero-order valence-corrected chi connectivity index (χ0v) is 14.1. The van der Waals surface area contributed by atoms with Crippen molar-refractivity contribution in [3.05, 3.63) is 54.6 Å². The standard InChI is InChI=1S/C16H19NO3S2/c1-13(12-18)17(2)22(19,20)16-10-8-15(9-11-16)21-14-6-4-3-5-7-14/h3-11,13,18H,12H2,1-2H3. The summed E-state index contributed by atoms with van der Waals surface area (Å²) in [5, 5.41) is 9.11. The molecule has 0 aliphatic carbocycles. The minimum atomic E-state index is -3.58. The molecule has 4 nitrogen and oxygen atoms in total. The lowest BCUT2D eigenvalue weighted by Crippen LogP contribution is -2.37. The Labute approximate surface area is 135 Å². The van der Waals surface area contributed by atoms with E-state index in [9.17, 15) is 8.42 Å². The summed E-state index contributed by atoms with van der Waals surface area (Å²) < 4.78 is 26.0. The molecule has 0 aromatic heterocycles. The van der Waals surface area contributed by atoms with Crippen molar-refractivity contribution in [1.82, 2.24) is 4.31 Å². The smallest absolute Gasteiger partial charge is 0.243 e. The lowest BCUT2D eigenvalue weighted by atomic mass is 10.4.